The number of hydrogen-bond donors (Lipinski definition) is 2. The average molecular weight is 237 g/mol. The van der Waals surface area contributed by atoms with Crippen LogP contribution in [-0.2, 0) is 7.05 Å². The number of aryl methyl sites for hydroxylation is 1. The Morgan fingerprint density at radius 2 is 2.18 bits per heavy atom. The Labute approximate surface area is 103 Å². The summed E-state index contributed by atoms with van der Waals surface area (Å²) in [6.45, 7) is 3.22. The molecule has 0 bridgehead atoms. The summed E-state index contributed by atoms with van der Waals surface area (Å²) < 4.78 is 1.92. The summed E-state index contributed by atoms with van der Waals surface area (Å²) in [6.07, 6.45) is 6.00. The first-order chi connectivity index (χ1) is 8.16. The highest BCUT2D eigenvalue weighted by atomic mass is 16.3. The van der Waals surface area contributed by atoms with Gasteiger partial charge < -0.3 is 10.4 Å². The van der Waals surface area contributed by atoms with E-state index in [1.807, 2.05) is 17.9 Å². The normalized spacial score (nSPS) is 27.0. The molecule has 0 radical (unpaired) electrons. The predicted molar refractivity (Wildman–Crippen MR) is 67.6 cm³/mol. The van der Waals surface area contributed by atoms with Gasteiger partial charge in [-0.3, -0.25) is 4.68 Å². The Balaban J connectivity index is 1.77. The second-order valence-corrected chi connectivity index (χ2v) is 5.18. The zero-order chi connectivity index (χ0) is 12.3. The third-order valence-corrected chi connectivity index (χ3v) is 3.83. The fourth-order valence-corrected chi connectivity index (χ4v) is 2.61. The first-order valence-corrected chi connectivity index (χ1v) is 6.56. The highest BCUT2D eigenvalue weighted by molar-refractivity contribution is 5.05. The standard InChI is InChI=1S/C13H23N3O/c1-10(13-7-8-15-16(13)2)14-9-11-3-5-12(17)6-4-11/h7-8,10-12,14,17H,3-6,9H2,1-2H3. The van der Waals surface area contributed by atoms with Gasteiger partial charge in [-0.1, -0.05) is 0 Å². The maximum atomic E-state index is 9.46. The molecule has 1 aromatic heterocycles. The van der Waals surface area contributed by atoms with E-state index in [-0.39, 0.29) is 6.10 Å². The Morgan fingerprint density at radius 1 is 1.47 bits per heavy atom. The smallest absolute Gasteiger partial charge is 0.0547 e. The highest BCUT2D eigenvalue weighted by Gasteiger charge is 2.20. The molecule has 1 atom stereocenters. The number of nitrogens with one attached hydrogen (secondary N) is 1. The summed E-state index contributed by atoms with van der Waals surface area (Å²) in [5.41, 5.74) is 1.22. The Hall–Kier alpha value is -0.870. The van der Waals surface area contributed by atoms with Crippen LogP contribution in [0.1, 0.15) is 44.3 Å². The van der Waals surface area contributed by atoms with Gasteiger partial charge in [0.05, 0.1) is 11.8 Å². The first kappa shape index (κ1) is 12.6. The molecule has 1 fully saturated rings. The van der Waals surface area contributed by atoms with Crippen molar-refractivity contribution in [2.24, 2.45) is 13.0 Å². The number of aliphatic hydroxyl groups excluding tert-OH is 1. The molecule has 1 unspecified atom stereocenters. The summed E-state index contributed by atoms with van der Waals surface area (Å²) in [5, 5.41) is 17.2. The van der Waals surface area contributed by atoms with Gasteiger partial charge in [-0.05, 0) is 51.1 Å². The maximum Gasteiger partial charge on any atom is 0.0547 e. The van der Waals surface area contributed by atoms with Crippen molar-refractivity contribution >= 4 is 0 Å². The molecular formula is C13H23N3O. The van der Waals surface area contributed by atoms with Gasteiger partial charge in [0, 0.05) is 19.3 Å². The van der Waals surface area contributed by atoms with E-state index in [0.29, 0.717) is 12.0 Å². The van der Waals surface area contributed by atoms with Crippen molar-refractivity contribution in [3.63, 3.8) is 0 Å². The Bertz CT molecular complexity index is 342. The van der Waals surface area contributed by atoms with Crippen molar-refractivity contribution in [3.8, 4) is 0 Å². The van der Waals surface area contributed by atoms with E-state index in [4.69, 9.17) is 0 Å². The average Bonchev–Trinajstić information content (AvgIpc) is 2.74. The third kappa shape index (κ3) is 3.30. The quantitative estimate of drug-likeness (QED) is 0.836. The molecule has 2 N–H and O–H groups in total. The van der Waals surface area contributed by atoms with Gasteiger partial charge in [0.2, 0.25) is 0 Å². The number of rotatable bonds is 4. The molecule has 4 nitrogen and oxygen atoms in total. The number of aliphatic hydroxyl groups is 1. The minimum absolute atomic E-state index is 0.0549. The molecule has 0 amide bonds. The number of hydrogen-bond acceptors (Lipinski definition) is 3. The topological polar surface area (TPSA) is 50.1 Å². The fraction of sp³-hybridized carbons (Fsp3) is 0.769. The molecule has 17 heavy (non-hydrogen) atoms. The Morgan fingerprint density at radius 3 is 2.76 bits per heavy atom. The second kappa shape index (κ2) is 5.65. The van der Waals surface area contributed by atoms with Crippen LogP contribution < -0.4 is 5.32 Å². The monoisotopic (exact) mass is 237 g/mol. The van der Waals surface area contributed by atoms with Gasteiger partial charge in [-0.2, -0.15) is 5.10 Å². The third-order valence-electron chi connectivity index (χ3n) is 3.83. The number of nitrogens with zero attached hydrogens (tertiary/aromatic N) is 2. The minimum Gasteiger partial charge on any atom is -0.393 e. The minimum atomic E-state index is -0.0549. The SMILES string of the molecule is CC(NCC1CCC(O)CC1)c1ccnn1C. The largest absolute Gasteiger partial charge is 0.393 e. The van der Waals surface area contributed by atoms with E-state index in [0.717, 1.165) is 32.2 Å². The predicted octanol–water partition coefficient (Wildman–Crippen LogP) is 1.62. The van der Waals surface area contributed by atoms with Crippen molar-refractivity contribution in [1.29, 1.82) is 0 Å². The van der Waals surface area contributed by atoms with E-state index >= 15 is 0 Å². The second-order valence-electron chi connectivity index (χ2n) is 5.18. The van der Waals surface area contributed by atoms with Crippen LogP contribution in [-0.4, -0.2) is 27.5 Å². The van der Waals surface area contributed by atoms with Crippen LogP contribution in [0.5, 0.6) is 0 Å². The molecule has 0 spiro atoms. The number of aromatic nitrogens is 2. The van der Waals surface area contributed by atoms with Crippen LogP contribution in [0.25, 0.3) is 0 Å². The molecule has 4 heteroatoms. The van der Waals surface area contributed by atoms with Gasteiger partial charge in [0.25, 0.3) is 0 Å². The lowest BCUT2D eigenvalue weighted by molar-refractivity contribution is 0.107. The van der Waals surface area contributed by atoms with Crippen molar-refractivity contribution in [3.05, 3.63) is 18.0 Å². The summed E-state index contributed by atoms with van der Waals surface area (Å²) in [7, 11) is 1.98. The summed E-state index contributed by atoms with van der Waals surface area (Å²) in [6, 6.07) is 2.40. The van der Waals surface area contributed by atoms with Crippen LogP contribution in [0.4, 0.5) is 0 Å². The summed E-state index contributed by atoms with van der Waals surface area (Å²) >= 11 is 0. The van der Waals surface area contributed by atoms with Crippen molar-refractivity contribution < 1.29 is 5.11 Å². The highest BCUT2D eigenvalue weighted by Crippen LogP contribution is 2.24. The van der Waals surface area contributed by atoms with Gasteiger partial charge in [0.1, 0.15) is 0 Å². The van der Waals surface area contributed by atoms with Crippen molar-refractivity contribution in [2.45, 2.75) is 44.8 Å². The summed E-state index contributed by atoms with van der Waals surface area (Å²) in [5.74, 6) is 0.717. The molecule has 0 aliphatic heterocycles. The van der Waals surface area contributed by atoms with Gasteiger partial charge in [-0.25, -0.2) is 0 Å². The molecule has 2 rings (SSSR count). The molecule has 1 heterocycles. The summed E-state index contributed by atoms with van der Waals surface area (Å²) in [4.78, 5) is 0. The molecule has 1 saturated carbocycles. The van der Waals surface area contributed by atoms with E-state index < -0.39 is 0 Å². The Kier molecular flexibility index (Phi) is 4.18. The van der Waals surface area contributed by atoms with E-state index in [9.17, 15) is 5.11 Å². The zero-order valence-electron chi connectivity index (χ0n) is 10.8. The fourth-order valence-electron chi connectivity index (χ4n) is 2.61. The van der Waals surface area contributed by atoms with E-state index in [2.05, 4.69) is 23.4 Å². The van der Waals surface area contributed by atoms with Crippen LogP contribution in [0.3, 0.4) is 0 Å². The molecule has 1 aromatic rings. The molecular weight excluding hydrogens is 214 g/mol. The first-order valence-electron chi connectivity index (χ1n) is 6.56. The van der Waals surface area contributed by atoms with Crippen LogP contribution >= 0.6 is 0 Å². The van der Waals surface area contributed by atoms with E-state index in [1.54, 1.807) is 0 Å². The van der Waals surface area contributed by atoms with Gasteiger partial charge in [-0.15, -0.1) is 0 Å². The van der Waals surface area contributed by atoms with Gasteiger partial charge in [0.15, 0.2) is 0 Å². The van der Waals surface area contributed by atoms with Crippen LogP contribution in [0, 0.1) is 5.92 Å². The van der Waals surface area contributed by atoms with Crippen molar-refractivity contribution in [1.82, 2.24) is 15.1 Å². The molecule has 1 aliphatic rings. The molecule has 0 aromatic carbocycles. The van der Waals surface area contributed by atoms with Crippen molar-refractivity contribution in [2.75, 3.05) is 6.54 Å². The lowest BCUT2D eigenvalue weighted by Crippen LogP contribution is -2.30. The molecule has 0 saturated heterocycles. The van der Waals surface area contributed by atoms with Crippen LogP contribution in [0.2, 0.25) is 0 Å². The maximum absolute atomic E-state index is 9.46. The zero-order valence-corrected chi connectivity index (χ0v) is 10.8. The van der Waals surface area contributed by atoms with Crippen LogP contribution in [0.15, 0.2) is 12.3 Å². The lowest BCUT2D eigenvalue weighted by Gasteiger charge is -2.27. The molecule has 96 valence electrons. The lowest BCUT2D eigenvalue weighted by atomic mass is 9.87. The van der Waals surface area contributed by atoms with Gasteiger partial charge >= 0.3 is 0 Å². The molecule has 1 aliphatic carbocycles. The van der Waals surface area contributed by atoms with E-state index in [1.165, 1.54) is 5.69 Å².